The molecule has 0 aliphatic heterocycles. The molecular weight excluding hydrogens is 391 g/mol. The Morgan fingerprint density at radius 3 is 1.93 bits per heavy atom. The van der Waals surface area contributed by atoms with Crippen LogP contribution in [0.15, 0.2) is 65.8 Å². The van der Waals surface area contributed by atoms with Crippen LogP contribution in [-0.4, -0.2) is 59.6 Å². The fourth-order valence-electron chi connectivity index (χ4n) is 2.19. The molecule has 0 fully saturated rings. The molecule has 0 unspecified atom stereocenters. The first-order chi connectivity index (χ1) is 13.9. The van der Waals surface area contributed by atoms with Crippen molar-refractivity contribution < 1.29 is 19.6 Å². The predicted molar refractivity (Wildman–Crippen MR) is 124 cm³/mol. The van der Waals surface area contributed by atoms with E-state index < -0.39 is 5.97 Å². The molecule has 0 aromatic heterocycles. The van der Waals surface area contributed by atoms with E-state index in [1.54, 1.807) is 6.08 Å². The standard InChI is InChI=1S/C13H15NO3.C10H13NO.Na.H/c1-10-5-3-6-12(9-10)7-4-8-17-14-11(2)13(15)16;1-9-4-2-5-10(8-9)6-3-7-12-11;;/h3-7,9H,8H2,1-2H3,(H,15,16);2-6,8H,7,11H2,1H3;;. The minimum absolute atomic E-state index is 0. The first kappa shape index (κ1) is 27.8. The summed E-state index contributed by atoms with van der Waals surface area (Å²) >= 11 is 0. The van der Waals surface area contributed by atoms with Gasteiger partial charge in [-0.3, -0.25) is 0 Å². The van der Waals surface area contributed by atoms with Gasteiger partial charge in [-0.1, -0.05) is 83.0 Å². The quantitative estimate of drug-likeness (QED) is 0.294. The third-order valence-electron chi connectivity index (χ3n) is 3.58. The van der Waals surface area contributed by atoms with E-state index in [1.165, 1.54) is 23.6 Å². The van der Waals surface area contributed by atoms with Crippen LogP contribution < -0.4 is 5.90 Å². The van der Waals surface area contributed by atoms with Crippen molar-refractivity contribution >= 4 is 53.4 Å². The molecule has 0 bridgehead atoms. The van der Waals surface area contributed by atoms with Crippen LogP contribution in [0.25, 0.3) is 12.2 Å². The van der Waals surface area contributed by atoms with Crippen molar-refractivity contribution in [1.82, 2.24) is 0 Å². The molecule has 30 heavy (non-hydrogen) atoms. The summed E-state index contributed by atoms with van der Waals surface area (Å²) in [5.74, 6) is 3.80. The molecule has 0 radical (unpaired) electrons. The van der Waals surface area contributed by atoms with E-state index in [9.17, 15) is 4.79 Å². The Labute approximate surface area is 200 Å². The molecule has 0 amide bonds. The van der Waals surface area contributed by atoms with Crippen LogP contribution >= 0.6 is 0 Å². The zero-order valence-corrected chi connectivity index (χ0v) is 17.0. The molecule has 2 rings (SSSR count). The second-order valence-corrected chi connectivity index (χ2v) is 6.24. The predicted octanol–water partition coefficient (Wildman–Crippen LogP) is 3.74. The number of hydrogen-bond donors (Lipinski definition) is 2. The summed E-state index contributed by atoms with van der Waals surface area (Å²) in [6.45, 7) is 6.17. The Hall–Kier alpha value is -2.22. The number of nitrogens with zero attached hydrogens (tertiary/aromatic N) is 1. The summed E-state index contributed by atoms with van der Waals surface area (Å²) < 4.78 is 0. The molecule has 0 aliphatic carbocycles. The number of carboxylic acid groups (broad SMARTS) is 1. The Morgan fingerprint density at radius 2 is 1.50 bits per heavy atom. The SMILES string of the molecule is CC(=NOCC=Cc1cccc(C)c1)C(=O)O.Cc1cccc(C=CCON)c1.[NaH]. The first-order valence-electron chi connectivity index (χ1n) is 9.10. The molecule has 0 saturated heterocycles. The summed E-state index contributed by atoms with van der Waals surface area (Å²) in [5, 5.41) is 12.0. The van der Waals surface area contributed by atoms with Gasteiger partial charge >= 0.3 is 35.5 Å². The van der Waals surface area contributed by atoms with Gasteiger partial charge in [0, 0.05) is 0 Å². The monoisotopic (exact) mass is 420 g/mol. The molecule has 7 heteroatoms. The summed E-state index contributed by atoms with van der Waals surface area (Å²) in [6.07, 6.45) is 7.56. The number of benzene rings is 2. The van der Waals surface area contributed by atoms with Gasteiger partial charge in [-0.15, -0.1) is 0 Å². The zero-order chi connectivity index (χ0) is 21.5. The first-order valence-corrected chi connectivity index (χ1v) is 9.10. The molecule has 0 atom stereocenters. The van der Waals surface area contributed by atoms with E-state index in [1.807, 2.05) is 61.5 Å². The van der Waals surface area contributed by atoms with Crippen molar-refractivity contribution in [3.63, 3.8) is 0 Å². The fraction of sp³-hybridized carbons (Fsp3) is 0.217. The van der Waals surface area contributed by atoms with Crippen molar-refractivity contribution in [2.24, 2.45) is 11.1 Å². The Kier molecular flexibility index (Phi) is 15.3. The number of carboxylic acids is 1. The molecule has 0 heterocycles. The van der Waals surface area contributed by atoms with Gasteiger partial charge in [0.1, 0.15) is 6.61 Å². The maximum absolute atomic E-state index is 10.4. The van der Waals surface area contributed by atoms with E-state index in [0.717, 1.165) is 5.56 Å². The topological polar surface area (TPSA) is 94.1 Å². The fourth-order valence-corrected chi connectivity index (χ4v) is 2.19. The molecule has 6 nitrogen and oxygen atoms in total. The number of rotatable bonds is 8. The molecule has 0 spiro atoms. The summed E-state index contributed by atoms with van der Waals surface area (Å²) in [4.78, 5) is 19.6. The number of carbonyl (C=O) groups is 1. The van der Waals surface area contributed by atoms with Gasteiger partial charge in [-0.2, -0.15) is 0 Å². The Bertz CT molecular complexity index is 864. The van der Waals surface area contributed by atoms with Gasteiger partial charge in [0.15, 0.2) is 5.71 Å². The number of hydrogen-bond acceptors (Lipinski definition) is 5. The summed E-state index contributed by atoms with van der Waals surface area (Å²) in [6, 6.07) is 16.3. The van der Waals surface area contributed by atoms with E-state index >= 15 is 0 Å². The number of oxime groups is 1. The van der Waals surface area contributed by atoms with E-state index in [-0.39, 0.29) is 41.9 Å². The van der Waals surface area contributed by atoms with Gasteiger partial charge in [0.25, 0.3) is 0 Å². The van der Waals surface area contributed by atoms with Crippen LogP contribution in [0.3, 0.4) is 0 Å². The molecule has 0 saturated carbocycles. The van der Waals surface area contributed by atoms with Crippen molar-refractivity contribution in [3.05, 3.63) is 82.9 Å². The molecule has 156 valence electrons. The third-order valence-corrected chi connectivity index (χ3v) is 3.58. The second-order valence-electron chi connectivity index (χ2n) is 6.24. The second kappa shape index (κ2) is 16.6. The van der Waals surface area contributed by atoms with Crippen LogP contribution in [0.5, 0.6) is 0 Å². The minimum atomic E-state index is -1.08. The van der Waals surface area contributed by atoms with Crippen molar-refractivity contribution in [2.75, 3.05) is 13.2 Å². The number of nitrogens with two attached hydrogens (primary N) is 1. The van der Waals surface area contributed by atoms with Crippen molar-refractivity contribution in [3.8, 4) is 0 Å². The molecule has 2 aromatic rings. The average Bonchev–Trinajstić information content (AvgIpc) is 2.68. The average molecular weight is 420 g/mol. The Balaban J connectivity index is 0.000000573. The maximum atomic E-state index is 10.4. The van der Waals surface area contributed by atoms with Crippen LogP contribution in [-0.2, 0) is 14.5 Å². The van der Waals surface area contributed by atoms with Crippen LogP contribution in [0.4, 0.5) is 0 Å². The number of aryl methyl sites for hydroxylation is 2. The van der Waals surface area contributed by atoms with Gasteiger partial charge in [0.05, 0.1) is 6.61 Å². The molecule has 0 aliphatic rings. The van der Waals surface area contributed by atoms with Crippen LogP contribution in [0.2, 0.25) is 0 Å². The van der Waals surface area contributed by atoms with Gasteiger partial charge in [0.2, 0.25) is 0 Å². The molecule has 3 N–H and O–H groups in total. The molecule has 2 aromatic carbocycles. The van der Waals surface area contributed by atoms with Crippen molar-refractivity contribution in [1.29, 1.82) is 0 Å². The molecular formula is C23H29N2NaO4. The van der Waals surface area contributed by atoms with Crippen LogP contribution in [0, 0.1) is 13.8 Å². The Morgan fingerprint density at radius 1 is 1.00 bits per heavy atom. The van der Waals surface area contributed by atoms with E-state index in [0.29, 0.717) is 6.61 Å². The summed E-state index contributed by atoms with van der Waals surface area (Å²) in [5.41, 5.74) is 4.63. The van der Waals surface area contributed by atoms with Gasteiger partial charge in [-0.05, 0) is 38.0 Å². The van der Waals surface area contributed by atoms with E-state index in [4.69, 9.17) is 15.8 Å². The normalized spacial score (nSPS) is 11.0. The van der Waals surface area contributed by atoms with Crippen molar-refractivity contribution in [2.45, 2.75) is 20.8 Å². The zero-order valence-electron chi connectivity index (χ0n) is 17.0. The van der Waals surface area contributed by atoms with Gasteiger partial charge in [-0.25, -0.2) is 10.7 Å². The van der Waals surface area contributed by atoms with E-state index in [2.05, 4.69) is 29.0 Å². The van der Waals surface area contributed by atoms with Crippen LogP contribution in [0.1, 0.15) is 29.2 Å². The van der Waals surface area contributed by atoms with Gasteiger partial charge < -0.3 is 14.8 Å². The number of aliphatic carboxylic acids is 1. The summed E-state index contributed by atoms with van der Waals surface area (Å²) in [7, 11) is 0. The third kappa shape index (κ3) is 13.1.